The first-order valence-electron chi connectivity index (χ1n) is 5.47. The molecular formula is C13H9BrF2N2O. The second kappa shape index (κ2) is 5.85. The molecule has 2 rings (SSSR count). The van der Waals surface area contributed by atoms with Crippen molar-refractivity contribution in [3.8, 4) is 6.07 Å². The van der Waals surface area contributed by atoms with E-state index < -0.39 is 11.6 Å². The van der Waals surface area contributed by atoms with Crippen LogP contribution in [0.4, 0.5) is 14.5 Å². The molecule has 2 aromatic rings. The molecule has 0 saturated heterocycles. The Hall–Kier alpha value is -1.87. The minimum absolute atomic E-state index is 0.0458. The molecule has 19 heavy (non-hydrogen) atoms. The number of hydrogen-bond acceptors (Lipinski definition) is 3. The van der Waals surface area contributed by atoms with Gasteiger partial charge in [0.15, 0.2) is 16.3 Å². The first-order chi connectivity index (χ1) is 9.10. The second-order valence-electron chi connectivity index (χ2n) is 3.81. The fraction of sp³-hybridized carbons (Fsp3) is 0.154. The summed E-state index contributed by atoms with van der Waals surface area (Å²) >= 11 is 3.17. The summed E-state index contributed by atoms with van der Waals surface area (Å²) in [6.07, 6.45) is 0.491. The van der Waals surface area contributed by atoms with E-state index in [9.17, 15) is 8.78 Å². The van der Waals surface area contributed by atoms with Gasteiger partial charge in [0.2, 0.25) is 0 Å². The van der Waals surface area contributed by atoms with E-state index in [4.69, 9.17) is 9.68 Å². The molecule has 0 aliphatic heterocycles. The molecular weight excluding hydrogens is 318 g/mol. The lowest BCUT2D eigenvalue weighted by Gasteiger charge is -2.08. The van der Waals surface area contributed by atoms with Gasteiger partial charge in [-0.15, -0.1) is 0 Å². The summed E-state index contributed by atoms with van der Waals surface area (Å²) in [5.41, 5.74) is -0.278. The minimum atomic E-state index is -0.780. The first kappa shape index (κ1) is 13.6. The summed E-state index contributed by atoms with van der Waals surface area (Å²) < 4.78 is 33.0. The van der Waals surface area contributed by atoms with Crippen molar-refractivity contribution in [1.29, 1.82) is 5.26 Å². The number of nitrogens with zero attached hydrogens (tertiary/aromatic N) is 1. The van der Waals surface area contributed by atoms with E-state index in [0.29, 0.717) is 23.4 Å². The van der Waals surface area contributed by atoms with Crippen LogP contribution < -0.4 is 5.32 Å². The van der Waals surface area contributed by atoms with Crippen molar-refractivity contribution in [2.45, 2.75) is 6.42 Å². The topological polar surface area (TPSA) is 49.0 Å². The van der Waals surface area contributed by atoms with Crippen LogP contribution in [0.5, 0.6) is 0 Å². The first-order valence-corrected chi connectivity index (χ1v) is 6.26. The largest absolute Gasteiger partial charge is 0.454 e. The highest BCUT2D eigenvalue weighted by molar-refractivity contribution is 9.10. The fourth-order valence-corrected chi connectivity index (χ4v) is 1.94. The lowest BCUT2D eigenvalue weighted by atomic mass is 10.2. The van der Waals surface area contributed by atoms with Gasteiger partial charge in [0.05, 0.1) is 11.6 Å². The lowest BCUT2D eigenvalue weighted by Crippen LogP contribution is -2.08. The number of rotatable bonds is 4. The predicted octanol–water partition coefficient (Wildman–Crippen LogP) is 3.85. The van der Waals surface area contributed by atoms with E-state index in [0.717, 1.165) is 12.1 Å². The van der Waals surface area contributed by atoms with Gasteiger partial charge < -0.3 is 9.73 Å². The molecule has 1 aromatic carbocycles. The maximum absolute atomic E-state index is 13.5. The molecule has 0 radical (unpaired) electrons. The zero-order valence-corrected chi connectivity index (χ0v) is 11.3. The third-order valence-corrected chi connectivity index (χ3v) is 2.90. The summed E-state index contributed by atoms with van der Waals surface area (Å²) in [4.78, 5) is 0. The molecule has 98 valence electrons. The highest BCUT2D eigenvalue weighted by Crippen LogP contribution is 2.21. The van der Waals surface area contributed by atoms with Gasteiger partial charge in [0.25, 0.3) is 0 Å². The molecule has 0 saturated carbocycles. The monoisotopic (exact) mass is 326 g/mol. The van der Waals surface area contributed by atoms with Crippen molar-refractivity contribution in [3.05, 3.63) is 51.9 Å². The van der Waals surface area contributed by atoms with Crippen molar-refractivity contribution in [3.63, 3.8) is 0 Å². The van der Waals surface area contributed by atoms with Crippen molar-refractivity contribution < 1.29 is 13.2 Å². The quantitative estimate of drug-likeness (QED) is 0.928. The summed E-state index contributed by atoms with van der Waals surface area (Å²) in [5, 5.41) is 11.2. The minimum Gasteiger partial charge on any atom is -0.454 e. The zero-order valence-electron chi connectivity index (χ0n) is 9.71. The van der Waals surface area contributed by atoms with Crippen LogP contribution >= 0.6 is 15.9 Å². The fourth-order valence-electron chi connectivity index (χ4n) is 1.60. The van der Waals surface area contributed by atoms with Crippen molar-refractivity contribution in [1.82, 2.24) is 0 Å². The molecule has 0 bridgehead atoms. The Morgan fingerprint density at radius 2 is 1.95 bits per heavy atom. The summed E-state index contributed by atoms with van der Waals surface area (Å²) in [6.45, 7) is 0.319. The van der Waals surface area contributed by atoms with Gasteiger partial charge in [-0.25, -0.2) is 8.78 Å². The van der Waals surface area contributed by atoms with Gasteiger partial charge in [-0.1, -0.05) is 0 Å². The number of anilines is 1. The maximum Gasteiger partial charge on any atom is 0.169 e. The smallest absolute Gasteiger partial charge is 0.169 e. The number of hydrogen-bond donors (Lipinski definition) is 1. The van der Waals surface area contributed by atoms with Gasteiger partial charge in [-0.05, 0) is 40.2 Å². The average Bonchev–Trinajstić information content (AvgIpc) is 2.78. The van der Waals surface area contributed by atoms with Crippen LogP contribution in [0.3, 0.4) is 0 Å². The third kappa shape index (κ3) is 3.32. The Labute approximate surface area is 117 Å². The number of halogens is 3. The molecule has 0 unspecified atom stereocenters. The summed E-state index contributed by atoms with van der Waals surface area (Å²) in [6, 6.07) is 7.21. The highest BCUT2D eigenvalue weighted by atomic mass is 79.9. The van der Waals surface area contributed by atoms with Crippen LogP contribution in [0.2, 0.25) is 0 Å². The molecule has 0 fully saturated rings. The van der Waals surface area contributed by atoms with Crippen LogP contribution in [0.1, 0.15) is 11.3 Å². The van der Waals surface area contributed by atoms with E-state index in [1.54, 1.807) is 18.2 Å². The Bertz CT molecular complexity index is 611. The molecule has 0 aliphatic rings. The van der Waals surface area contributed by atoms with E-state index in [1.807, 2.05) is 0 Å². The maximum atomic E-state index is 13.5. The predicted molar refractivity (Wildman–Crippen MR) is 69.7 cm³/mol. The SMILES string of the molecule is N#Cc1cc(F)c(NCCc2ccc(Br)o2)c(F)c1. The average molecular weight is 327 g/mol. The lowest BCUT2D eigenvalue weighted by molar-refractivity contribution is 0.490. The molecule has 1 heterocycles. The van der Waals surface area contributed by atoms with E-state index >= 15 is 0 Å². The Morgan fingerprint density at radius 1 is 1.26 bits per heavy atom. The van der Waals surface area contributed by atoms with Crippen molar-refractivity contribution >= 4 is 21.6 Å². The zero-order chi connectivity index (χ0) is 13.8. The van der Waals surface area contributed by atoms with E-state index in [-0.39, 0.29) is 11.3 Å². The van der Waals surface area contributed by atoms with Gasteiger partial charge >= 0.3 is 0 Å². The molecule has 6 heteroatoms. The van der Waals surface area contributed by atoms with E-state index in [2.05, 4.69) is 21.2 Å². The van der Waals surface area contributed by atoms with Gasteiger partial charge in [-0.3, -0.25) is 0 Å². The molecule has 1 aromatic heterocycles. The van der Waals surface area contributed by atoms with Crippen LogP contribution in [0.15, 0.2) is 33.4 Å². The van der Waals surface area contributed by atoms with Gasteiger partial charge in [0, 0.05) is 13.0 Å². The van der Waals surface area contributed by atoms with Gasteiger partial charge in [-0.2, -0.15) is 5.26 Å². The molecule has 3 nitrogen and oxygen atoms in total. The van der Waals surface area contributed by atoms with Crippen LogP contribution in [0.25, 0.3) is 0 Å². The third-order valence-electron chi connectivity index (χ3n) is 2.47. The standard InChI is InChI=1S/C13H9BrF2N2O/c14-12-2-1-9(19-12)3-4-18-13-10(15)5-8(7-17)6-11(13)16/h1-2,5-6,18H,3-4H2. The Balaban J connectivity index is 2.02. The second-order valence-corrected chi connectivity index (χ2v) is 4.59. The molecule has 0 amide bonds. The van der Waals surface area contributed by atoms with Crippen LogP contribution in [0, 0.1) is 23.0 Å². The Kier molecular flexibility index (Phi) is 4.17. The normalized spacial score (nSPS) is 10.2. The summed E-state index contributed by atoms with van der Waals surface area (Å²) in [5.74, 6) is -0.858. The summed E-state index contributed by atoms with van der Waals surface area (Å²) in [7, 11) is 0. The van der Waals surface area contributed by atoms with E-state index in [1.165, 1.54) is 0 Å². The highest BCUT2D eigenvalue weighted by Gasteiger charge is 2.11. The molecule has 0 spiro atoms. The van der Waals surface area contributed by atoms with Crippen molar-refractivity contribution in [2.24, 2.45) is 0 Å². The number of nitrogens with one attached hydrogen (secondary N) is 1. The number of nitriles is 1. The van der Waals surface area contributed by atoms with Crippen LogP contribution in [-0.2, 0) is 6.42 Å². The molecule has 1 N–H and O–H groups in total. The van der Waals surface area contributed by atoms with Gasteiger partial charge in [0.1, 0.15) is 11.4 Å². The number of benzene rings is 1. The van der Waals surface area contributed by atoms with Crippen LogP contribution in [-0.4, -0.2) is 6.54 Å². The molecule has 0 aliphatic carbocycles. The Morgan fingerprint density at radius 3 is 2.47 bits per heavy atom. The van der Waals surface area contributed by atoms with Crippen molar-refractivity contribution in [2.75, 3.05) is 11.9 Å². The molecule has 0 atom stereocenters. The number of furan rings is 1.